The number of aldehydes is 1. The first kappa shape index (κ1) is 15.3. The standard InChI is InChI=1S/C19H17N5O/c1-12-4-3-5-17(22-12)19-15(9-21-23-19)13-6-7-16-14(8-13)18(10-25)24(2)11-20-16/h3-11,18H,1-2H3,(H,21,23). The van der Waals surface area contributed by atoms with E-state index in [1.807, 2.05) is 56.6 Å². The fourth-order valence-corrected chi connectivity index (χ4v) is 3.07. The lowest BCUT2D eigenvalue weighted by Gasteiger charge is -2.26. The van der Waals surface area contributed by atoms with E-state index in [2.05, 4.69) is 20.2 Å². The summed E-state index contributed by atoms with van der Waals surface area (Å²) in [5.41, 5.74) is 6.18. The third-order valence-corrected chi connectivity index (χ3v) is 4.38. The number of benzene rings is 1. The fourth-order valence-electron chi connectivity index (χ4n) is 3.07. The molecule has 1 N–H and O–H groups in total. The van der Waals surface area contributed by atoms with Gasteiger partial charge in [0.15, 0.2) is 0 Å². The molecule has 0 saturated carbocycles. The molecule has 0 bridgehead atoms. The molecule has 1 aliphatic rings. The molecule has 0 amide bonds. The van der Waals surface area contributed by atoms with Gasteiger partial charge in [0, 0.05) is 30.1 Å². The van der Waals surface area contributed by atoms with Crippen molar-refractivity contribution in [2.75, 3.05) is 7.05 Å². The molecular weight excluding hydrogens is 314 g/mol. The van der Waals surface area contributed by atoms with Gasteiger partial charge in [0.1, 0.15) is 18.0 Å². The van der Waals surface area contributed by atoms with Gasteiger partial charge in [0.25, 0.3) is 0 Å². The minimum Gasteiger partial charge on any atom is -0.352 e. The van der Waals surface area contributed by atoms with Gasteiger partial charge < -0.3 is 9.69 Å². The topological polar surface area (TPSA) is 74.2 Å². The normalized spacial score (nSPS) is 15.9. The SMILES string of the molecule is Cc1cccc(-c2n[nH]cc2-c2ccc3c(c2)C(C=O)N(C)C=N3)n1. The zero-order chi connectivity index (χ0) is 17.4. The summed E-state index contributed by atoms with van der Waals surface area (Å²) < 4.78 is 0. The molecule has 124 valence electrons. The summed E-state index contributed by atoms with van der Waals surface area (Å²) in [5.74, 6) is 0. The number of nitrogens with zero attached hydrogens (tertiary/aromatic N) is 4. The summed E-state index contributed by atoms with van der Waals surface area (Å²) in [5, 5.41) is 7.30. The number of fused-ring (bicyclic) bond motifs is 1. The number of aliphatic imine (C=N–C) groups is 1. The first-order valence-corrected chi connectivity index (χ1v) is 8.01. The minimum atomic E-state index is -0.333. The molecule has 6 nitrogen and oxygen atoms in total. The van der Waals surface area contributed by atoms with E-state index >= 15 is 0 Å². The summed E-state index contributed by atoms with van der Waals surface area (Å²) in [7, 11) is 1.85. The van der Waals surface area contributed by atoms with Crippen LogP contribution in [-0.4, -0.2) is 39.8 Å². The van der Waals surface area contributed by atoms with Crippen molar-refractivity contribution >= 4 is 18.3 Å². The number of nitrogens with one attached hydrogen (secondary N) is 1. The van der Waals surface area contributed by atoms with Crippen LogP contribution < -0.4 is 0 Å². The van der Waals surface area contributed by atoms with Crippen LogP contribution in [0.5, 0.6) is 0 Å². The van der Waals surface area contributed by atoms with Crippen LogP contribution in [0.2, 0.25) is 0 Å². The van der Waals surface area contributed by atoms with E-state index < -0.39 is 0 Å². The van der Waals surface area contributed by atoms with Crippen molar-refractivity contribution in [2.24, 2.45) is 4.99 Å². The molecular formula is C19H17N5O. The van der Waals surface area contributed by atoms with Gasteiger partial charge in [0.05, 0.1) is 17.7 Å². The van der Waals surface area contributed by atoms with Gasteiger partial charge >= 0.3 is 0 Å². The monoisotopic (exact) mass is 331 g/mol. The number of aromatic nitrogens is 3. The first-order valence-electron chi connectivity index (χ1n) is 8.01. The van der Waals surface area contributed by atoms with E-state index in [9.17, 15) is 4.79 Å². The summed E-state index contributed by atoms with van der Waals surface area (Å²) >= 11 is 0. The van der Waals surface area contributed by atoms with Crippen LogP contribution >= 0.6 is 0 Å². The molecule has 0 radical (unpaired) electrons. The van der Waals surface area contributed by atoms with Crippen molar-refractivity contribution in [1.29, 1.82) is 0 Å². The second-order valence-electron chi connectivity index (χ2n) is 6.08. The molecule has 25 heavy (non-hydrogen) atoms. The van der Waals surface area contributed by atoms with E-state index in [-0.39, 0.29) is 6.04 Å². The zero-order valence-corrected chi connectivity index (χ0v) is 14.0. The summed E-state index contributed by atoms with van der Waals surface area (Å²) in [6.07, 6.45) is 4.47. The second kappa shape index (κ2) is 5.98. The number of aromatic amines is 1. The Labute approximate surface area is 145 Å². The Morgan fingerprint density at radius 3 is 2.92 bits per heavy atom. The molecule has 3 aromatic rings. The first-order chi connectivity index (χ1) is 12.2. The molecule has 1 aliphatic heterocycles. The van der Waals surface area contributed by atoms with Crippen molar-refractivity contribution < 1.29 is 4.79 Å². The Balaban J connectivity index is 1.83. The third kappa shape index (κ3) is 2.61. The van der Waals surface area contributed by atoms with Gasteiger partial charge in [-0.25, -0.2) is 4.99 Å². The Morgan fingerprint density at radius 1 is 1.24 bits per heavy atom. The van der Waals surface area contributed by atoms with Crippen LogP contribution in [0.15, 0.2) is 47.6 Å². The van der Waals surface area contributed by atoms with Gasteiger partial charge in [-0.2, -0.15) is 5.10 Å². The highest BCUT2D eigenvalue weighted by Gasteiger charge is 2.23. The summed E-state index contributed by atoms with van der Waals surface area (Å²) in [6.45, 7) is 1.96. The van der Waals surface area contributed by atoms with Crippen LogP contribution in [0, 0.1) is 6.92 Å². The quantitative estimate of drug-likeness (QED) is 0.747. The second-order valence-corrected chi connectivity index (χ2v) is 6.08. The Hall–Kier alpha value is -3.28. The summed E-state index contributed by atoms with van der Waals surface area (Å²) in [6, 6.07) is 11.5. The van der Waals surface area contributed by atoms with Crippen molar-refractivity contribution in [3.05, 3.63) is 53.9 Å². The number of H-pyrrole nitrogens is 1. The van der Waals surface area contributed by atoms with Gasteiger partial charge in [-0.05, 0) is 36.8 Å². The van der Waals surface area contributed by atoms with E-state index in [0.29, 0.717) is 0 Å². The predicted molar refractivity (Wildman–Crippen MR) is 96.7 cm³/mol. The van der Waals surface area contributed by atoms with Crippen LogP contribution in [0.4, 0.5) is 5.69 Å². The van der Waals surface area contributed by atoms with Crippen LogP contribution in [0.3, 0.4) is 0 Å². The van der Waals surface area contributed by atoms with Crippen LogP contribution in [-0.2, 0) is 4.79 Å². The van der Waals surface area contributed by atoms with Crippen LogP contribution in [0.1, 0.15) is 17.3 Å². The number of pyridine rings is 1. The Morgan fingerprint density at radius 2 is 2.12 bits per heavy atom. The van der Waals surface area contributed by atoms with Crippen molar-refractivity contribution in [3.8, 4) is 22.5 Å². The number of hydrogen-bond donors (Lipinski definition) is 1. The molecule has 0 fully saturated rings. The molecule has 2 aromatic heterocycles. The predicted octanol–water partition coefficient (Wildman–Crippen LogP) is 3.29. The lowest BCUT2D eigenvalue weighted by atomic mass is 9.96. The van der Waals surface area contributed by atoms with E-state index in [4.69, 9.17) is 0 Å². The van der Waals surface area contributed by atoms with E-state index in [1.165, 1.54) is 0 Å². The minimum absolute atomic E-state index is 0.333. The maximum atomic E-state index is 11.5. The smallest absolute Gasteiger partial charge is 0.147 e. The lowest BCUT2D eigenvalue weighted by molar-refractivity contribution is -0.111. The Bertz CT molecular complexity index is 975. The average Bonchev–Trinajstić information content (AvgIpc) is 3.11. The zero-order valence-electron chi connectivity index (χ0n) is 14.0. The Kier molecular flexibility index (Phi) is 3.65. The number of rotatable bonds is 3. The molecule has 0 saturated heterocycles. The number of carbonyl (C=O) groups excluding carboxylic acids is 1. The summed E-state index contributed by atoms with van der Waals surface area (Å²) in [4.78, 5) is 22.3. The molecule has 1 unspecified atom stereocenters. The van der Waals surface area contributed by atoms with Gasteiger partial charge in [-0.1, -0.05) is 12.1 Å². The molecule has 1 atom stereocenters. The van der Waals surface area contributed by atoms with E-state index in [1.54, 1.807) is 11.2 Å². The van der Waals surface area contributed by atoms with Gasteiger partial charge in [-0.3, -0.25) is 10.1 Å². The van der Waals surface area contributed by atoms with Gasteiger partial charge in [0.2, 0.25) is 0 Å². The van der Waals surface area contributed by atoms with Crippen LogP contribution in [0.25, 0.3) is 22.5 Å². The third-order valence-electron chi connectivity index (χ3n) is 4.38. The van der Waals surface area contributed by atoms with Gasteiger partial charge in [-0.15, -0.1) is 0 Å². The molecule has 1 aromatic carbocycles. The van der Waals surface area contributed by atoms with Crippen molar-refractivity contribution in [3.63, 3.8) is 0 Å². The highest BCUT2D eigenvalue weighted by molar-refractivity contribution is 5.83. The number of aryl methyl sites for hydroxylation is 1. The number of carbonyl (C=O) groups is 1. The molecule has 0 aliphatic carbocycles. The maximum Gasteiger partial charge on any atom is 0.147 e. The van der Waals surface area contributed by atoms with Crippen molar-refractivity contribution in [2.45, 2.75) is 13.0 Å². The van der Waals surface area contributed by atoms with Crippen molar-refractivity contribution in [1.82, 2.24) is 20.1 Å². The molecule has 3 heterocycles. The largest absolute Gasteiger partial charge is 0.352 e. The average molecular weight is 331 g/mol. The number of hydrogen-bond acceptors (Lipinski definition) is 5. The molecule has 4 rings (SSSR count). The highest BCUT2D eigenvalue weighted by atomic mass is 16.1. The maximum absolute atomic E-state index is 11.5. The fraction of sp³-hybridized carbons (Fsp3) is 0.158. The van der Waals surface area contributed by atoms with E-state index in [0.717, 1.165) is 45.7 Å². The molecule has 0 spiro atoms. The lowest BCUT2D eigenvalue weighted by Crippen LogP contribution is -2.26. The molecule has 6 heteroatoms. The number of likely N-dealkylation sites (N-methyl/N-ethyl adjacent to an activating group) is 1. The highest BCUT2D eigenvalue weighted by Crippen LogP contribution is 2.36.